The lowest BCUT2D eigenvalue weighted by molar-refractivity contribution is 0.411. The van der Waals surface area contributed by atoms with E-state index in [1.54, 1.807) is 0 Å². The Bertz CT molecular complexity index is 440. The van der Waals surface area contributed by atoms with Crippen molar-refractivity contribution in [2.75, 3.05) is 0 Å². The van der Waals surface area contributed by atoms with Gasteiger partial charge in [-0.3, -0.25) is 4.98 Å². The lowest BCUT2D eigenvalue weighted by atomic mass is 9.89. The van der Waals surface area contributed by atoms with Gasteiger partial charge < -0.3 is 0 Å². The average molecular weight is 206 g/mol. The van der Waals surface area contributed by atoms with E-state index in [1.807, 2.05) is 12.4 Å². The highest BCUT2D eigenvalue weighted by Crippen LogP contribution is 2.23. The van der Waals surface area contributed by atoms with Gasteiger partial charge >= 0.3 is 0 Å². The summed E-state index contributed by atoms with van der Waals surface area (Å²) < 4.78 is 5.30. The Morgan fingerprint density at radius 2 is 2.07 bits per heavy atom. The second kappa shape index (κ2) is 3.31. The van der Waals surface area contributed by atoms with Gasteiger partial charge in [0.25, 0.3) is 0 Å². The van der Waals surface area contributed by atoms with Crippen LogP contribution in [-0.2, 0) is 6.42 Å². The topological polar surface area (TPSA) is 25.8 Å². The molecule has 0 amide bonds. The number of fused-ring (bicyclic) bond motifs is 1. The molecule has 2 nitrogen and oxygen atoms in total. The monoisotopic (exact) mass is 206 g/mol. The van der Waals surface area contributed by atoms with Crippen molar-refractivity contribution in [1.82, 2.24) is 9.36 Å². The van der Waals surface area contributed by atoms with E-state index in [-0.39, 0.29) is 0 Å². The van der Waals surface area contributed by atoms with Crippen molar-refractivity contribution in [2.24, 2.45) is 5.41 Å². The highest BCUT2D eigenvalue weighted by molar-refractivity contribution is 7.13. The maximum atomic E-state index is 4.37. The van der Waals surface area contributed by atoms with E-state index in [0.717, 1.165) is 11.9 Å². The van der Waals surface area contributed by atoms with Crippen molar-refractivity contribution in [3.05, 3.63) is 24.0 Å². The maximum absolute atomic E-state index is 4.37. The van der Waals surface area contributed by atoms with Crippen LogP contribution in [0, 0.1) is 5.41 Å². The van der Waals surface area contributed by atoms with Crippen LogP contribution in [0.1, 0.15) is 26.3 Å². The molecule has 0 saturated carbocycles. The molecule has 2 heterocycles. The molecule has 0 bridgehead atoms. The third-order valence-corrected chi connectivity index (χ3v) is 2.73. The highest BCUT2D eigenvalue weighted by atomic mass is 32.1. The van der Waals surface area contributed by atoms with E-state index in [0.29, 0.717) is 5.41 Å². The predicted molar refractivity (Wildman–Crippen MR) is 60.6 cm³/mol. The van der Waals surface area contributed by atoms with Gasteiger partial charge in [0.2, 0.25) is 0 Å². The minimum absolute atomic E-state index is 0.319. The Kier molecular flexibility index (Phi) is 2.27. The molecule has 0 spiro atoms. The molecule has 0 saturated heterocycles. The van der Waals surface area contributed by atoms with Crippen LogP contribution in [-0.4, -0.2) is 9.36 Å². The first-order valence-corrected chi connectivity index (χ1v) is 5.51. The first kappa shape index (κ1) is 9.59. The van der Waals surface area contributed by atoms with Crippen molar-refractivity contribution in [1.29, 1.82) is 0 Å². The molecule has 3 heteroatoms. The molecular formula is C11H14N2S. The zero-order chi connectivity index (χ0) is 10.2. The zero-order valence-corrected chi connectivity index (χ0v) is 9.56. The number of nitrogens with zero attached hydrogens (tertiary/aromatic N) is 2. The van der Waals surface area contributed by atoms with Gasteiger partial charge in [-0.05, 0) is 35.0 Å². The fraction of sp³-hybridized carbons (Fsp3) is 0.455. The van der Waals surface area contributed by atoms with Crippen molar-refractivity contribution < 1.29 is 0 Å². The fourth-order valence-electron chi connectivity index (χ4n) is 1.51. The summed E-state index contributed by atoms with van der Waals surface area (Å²) in [4.78, 5) is 4.37. The number of rotatable bonds is 1. The summed E-state index contributed by atoms with van der Waals surface area (Å²) in [5.41, 5.74) is 2.63. The van der Waals surface area contributed by atoms with E-state index in [4.69, 9.17) is 0 Å². The molecule has 2 aromatic heterocycles. The second-order valence-electron chi connectivity index (χ2n) is 4.79. The van der Waals surface area contributed by atoms with Gasteiger partial charge in [-0.1, -0.05) is 20.8 Å². The molecule has 0 aromatic carbocycles. The van der Waals surface area contributed by atoms with Gasteiger partial charge in [0, 0.05) is 6.20 Å². The van der Waals surface area contributed by atoms with Gasteiger partial charge in [-0.25, -0.2) is 0 Å². The summed E-state index contributed by atoms with van der Waals surface area (Å²) in [7, 11) is 0. The molecule has 2 rings (SSSR count). The first-order valence-electron chi connectivity index (χ1n) is 4.74. The van der Waals surface area contributed by atoms with Crippen molar-refractivity contribution in [3.63, 3.8) is 0 Å². The summed E-state index contributed by atoms with van der Waals surface area (Å²) >= 11 is 1.51. The molecule has 0 aliphatic heterocycles. The summed E-state index contributed by atoms with van der Waals surface area (Å²) in [5, 5.41) is 0. The van der Waals surface area contributed by atoms with E-state index < -0.39 is 0 Å². The Hall–Kier alpha value is -0.960. The van der Waals surface area contributed by atoms with Gasteiger partial charge in [0.1, 0.15) is 5.52 Å². The molecule has 2 aromatic rings. The molecule has 0 radical (unpaired) electrons. The molecule has 0 aliphatic rings. The van der Waals surface area contributed by atoms with Crippen molar-refractivity contribution in [3.8, 4) is 0 Å². The quantitative estimate of drug-likeness (QED) is 0.715. The first-order chi connectivity index (χ1) is 6.54. The normalized spacial score (nSPS) is 12.2. The lowest BCUT2D eigenvalue weighted by Gasteiger charge is -2.17. The van der Waals surface area contributed by atoms with Gasteiger partial charge in [-0.15, -0.1) is 0 Å². The number of aromatic nitrogens is 2. The number of hydrogen-bond acceptors (Lipinski definition) is 3. The number of hydrogen-bond donors (Lipinski definition) is 0. The van der Waals surface area contributed by atoms with E-state index in [9.17, 15) is 0 Å². The average Bonchev–Trinajstić information content (AvgIpc) is 2.47. The fourth-order valence-corrected chi connectivity index (χ4v) is 2.18. The van der Waals surface area contributed by atoms with Crippen LogP contribution >= 0.6 is 11.5 Å². The summed E-state index contributed by atoms with van der Waals surface area (Å²) in [6.45, 7) is 6.72. The third kappa shape index (κ3) is 2.10. The highest BCUT2D eigenvalue weighted by Gasteiger charge is 2.12. The van der Waals surface area contributed by atoms with Crippen molar-refractivity contribution >= 4 is 21.7 Å². The van der Waals surface area contributed by atoms with Crippen LogP contribution in [0.5, 0.6) is 0 Å². The molecule has 0 aliphatic carbocycles. The summed E-state index contributed by atoms with van der Waals surface area (Å²) in [6, 6.07) is 2.20. The van der Waals surface area contributed by atoms with Crippen LogP contribution in [0.3, 0.4) is 0 Å². The summed E-state index contributed by atoms with van der Waals surface area (Å²) in [6.07, 6.45) is 4.84. The third-order valence-electron chi connectivity index (χ3n) is 2.00. The van der Waals surface area contributed by atoms with Crippen LogP contribution in [0.2, 0.25) is 0 Å². The molecule has 14 heavy (non-hydrogen) atoms. The van der Waals surface area contributed by atoms with Crippen molar-refractivity contribution in [2.45, 2.75) is 27.2 Å². The van der Waals surface area contributed by atoms with Crippen LogP contribution in [0.25, 0.3) is 10.2 Å². The molecular weight excluding hydrogens is 192 g/mol. The van der Waals surface area contributed by atoms with Gasteiger partial charge in [-0.2, -0.15) is 4.37 Å². The van der Waals surface area contributed by atoms with Crippen LogP contribution in [0.15, 0.2) is 18.5 Å². The molecule has 0 unspecified atom stereocenters. The van der Waals surface area contributed by atoms with Gasteiger partial charge in [0.05, 0.1) is 10.9 Å². The van der Waals surface area contributed by atoms with Crippen LogP contribution in [0.4, 0.5) is 0 Å². The predicted octanol–water partition coefficient (Wildman–Crippen LogP) is 3.28. The summed E-state index contributed by atoms with van der Waals surface area (Å²) in [5.74, 6) is 0. The van der Waals surface area contributed by atoms with E-state index >= 15 is 0 Å². The maximum Gasteiger partial charge on any atom is 0.101 e. The minimum Gasteiger partial charge on any atom is -0.253 e. The largest absolute Gasteiger partial charge is 0.253 e. The number of pyridine rings is 1. The molecule has 0 atom stereocenters. The smallest absolute Gasteiger partial charge is 0.101 e. The zero-order valence-electron chi connectivity index (χ0n) is 8.74. The Labute approximate surface area is 88.2 Å². The molecule has 0 N–H and O–H groups in total. The van der Waals surface area contributed by atoms with Gasteiger partial charge in [0.15, 0.2) is 0 Å². The molecule has 74 valence electrons. The standard InChI is InChI=1S/C11H14N2S/c1-11(2,3)5-8-4-10-9(12-6-8)7-13-14-10/h4,6-7H,5H2,1-3H3. The minimum atomic E-state index is 0.319. The Morgan fingerprint density at radius 3 is 2.79 bits per heavy atom. The Morgan fingerprint density at radius 1 is 1.29 bits per heavy atom. The lowest BCUT2D eigenvalue weighted by Crippen LogP contribution is -2.09. The Balaban J connectivity index is 2.35. The van der Waals surface area contributed by atoms with E-state index in [1.165, 1.54) is 21.8 Å². The SMILES string of the molecule is CC(C)(C)Cc1cnc2cnsc2c1. The van der Waals surface area contributed by atoms with E-state index in [2.05, 4.69) is 36.2 Å². The second-order valence-corrected chi connectivity index (χ2v) is 5.62. The molecule has 0 fully saturated rings. The van der Waals surface area contributed by atoms with Crippen LogP contribution < -0.4 is 0 Å².